The quantitative estimate of drug-likeness (QED) is 0.726. The zero-order valence-electron chi connectivity index (χ0n) is 12.5. The van der Waals surface area contributed by atoms with Crippen LogP contribution < -0.4 is 0 Å². The van der Waals surface area contributed by atoms with Crippen molar-refractivity contribution in [3.63, 3.8) is 0 Å². The number of rotatable bonds is 0. The van der Waals surface area contributed by atoms with Gasteiger partial charge in [0.15, 0.2) is 0 Å². The molecule has 1 fully saturated rings. The Kier molecular flexibility index (Phi) is 4.31. The van der Waals surface area contributed by atoms with E-state index in [0.717, 1.165) is 6.42 Å². The number of carbonyl (C=O) groups is 1. The van der Waals surface area contributed by atoms with E-state index in [1.165, 1.54) is 0 Å². The summed E-state index contributed by atoms with van der Waals surface area (Å²) in [6.07, 6.45) is 0.0318. The number of hydrogen-bond donors (Lipinski definition) is 1. The van der Waals surface area contributed by atoms with Gasteiger partial charge in [-0.3, -0.25) is 0 Å². The topological polar surface area (TPSA) is 49.8 Å². The van der Waals surface area contributed by atoms with Gasteiger partial charge in [-0.1, -0.05) is 20.8 Å². The minimum atomic E-state index is -0.483. The number of hydrogen-bond acceptors (Lipinski definition) is 3. The lowest BCUT2D eigenvalue weighted by atomic mass is 9.74. The smallest absolute Gasteiger partial charge is 0.410 e. The van der Waals surface area contributed by atoms with Crippen molar-refractivity contribution in [2.24, 2.45) is 11.3 Å². The maximum Gasteiger partial charge on any atom is 0.410 e. The highest BCUT2D eigenvalue weighted by molar-refractivity contribution is 5.68. The number of nitrogens with zero attached hydrogens (tertiary/aromatic N) is 1. The molecule has 1 heterocycles. The van der Waals surface area contributed by atoms with Crippen LogP contribution in [0.2, 0.25) is 0 Å². The van der Waals surface area contributed by atoms with Gasteiger partial charge in [0.1, 0.15) is 5.60 Å². The Hall–Kier alpha value is -0.770. The fourth-order valence-corrected chi connectivity index (χ4v) is 2.43. The van der Waals surface area contributed by atoms with Crippen molar-refractivity contribution in [2.75, 3.05) is 13.1 Å². The maximum absolute atomic E-state index is 11.9. The Morgan fingerprint density at radius 1 is 1.22 bits per heavy atom. The van der Waals surface area contributed by atoms with Crippen LogP contribution in [0.15, 0.2) is 0 Å². The number of β-amino-alcohol motifs (C(OH)–C–C–N with tert-alkyl or cyclic N) is 1. The molecular weight excluding hydrogens is 230 g/mol. The van der Waals surface area contributed by atoms with Crippen molar-refractivity contribution in [2.45, 2.75) is 59.7 Å². The van der Waals surface area contributed by atoms with E-state index in [0.29, 0.717) is 13.1 Å². The summed E-state index contributed by atoms with van der Waals surface area (Å²) >= 11 is 0. The number of ether oxygens (including phenoxy) is 1. The molecule has 1 aliphatic heterocycles. The number of likely N-dealkylation sites (tertiary alicyclic amines) is 1. The van der Waals surface area contributed by atoms with Gasteiger partial charge in [0.25, 0.3) is 0 Å². The van der Waals surface area contributed by atoms with E-state index in [4.69, 9.17) is 4.74 Å². The van der Waals surface area contributed by atoms with Gasteiger partial charge in [0.2, 0.25) is 0 Å². The monoisotopic (exact) mass is 257 g/mol. The lowest BCUT2D eigenvalue weighted by Crippen LogP contribution is -2.51. The molecule has 4 heteroatoms. The minimum Gasteiger partial charge on any atom is -0.444 e. The minimum absolute atomic E-state index is 0.0689. The SMILES string of the molecule is CC(C)(C)OC(=O)N1CC[C@H](C(C)(C)C)[C@H](O)C1. The highest BCUT2D eigenvalue weighted by atomic mass is 16.6. The molecule has 1 amide bonds. The molecule has 0 saturated carbocycles. The zero-order valence-corrected chi connectivity index (χ0v) is 12.5. The first-order valence-electron chi connectivity index (χ1n) is 6.67. The second-order valence-electron chi connectivity index (χ2n) is 7.25. The summed E-state index contributed by atoms with van der Waals surface area (Å²) < 4.78 is 5.32. The van der Waals surface area contributed by atoms with Crippen LogP contribution in [0.5, 0.6) is 0 Å². The Morgan fingerprint density at radius 3 is 2.17 bits per heavy atom. The number of carbonyl (C=O) groups excluding carboxylic acids is 1. The summed E-state index contributed by atoms with van der Waals surface area (Å²) in [4.78, 5) is 13.5. The highest BCUT2D eigenvalue weighted by Crippen LogP contribution is 2.34. The van der Waals surface area contributed by atoms with Crippen LogP contribution in [0.4, 0.5) is 4.79 Å². The Balaban J connectivity index is 2.59. The highest BCUT2D eigenvalue weighted by Gasteiger charge is 2.38. The molecule has 0 aromatic heterocycles. The second kappa shape index (κ2) is 5.08. The molecule has 0 radical (unpaired) electrons. The molecule has 1 N–H and O–H groups in total. The van der Waals surface area contributed by atoms with Gasteiger partial charge in [-0.05, 0) is 38.5 Å². The van der Waals surface area contributed by atoms with Crippen molar-refractivity contribution in [1.29, 1.82) is 0 Å². The number of aliphatic hydroxyl groups excluding tert-OH is 1. The van der Waals surface area contributed by atoms with E-state index < -0.39 is 11.7 Å². The van der Waals surface area contributed by atoms with Gasteiger partial charge in [-0.15, -0.1) is 0 Å². The van der Waals surface area contributed by atoms with Crippen LogP contribution in [0, 0.1) is 11.3 Å². The number of piperidine rings is 1. The fourth-order valence-electron chi connectivity index (χ4n) is 2.43. The predicted octanol–water partition coefficient (Wildman–Crippen LogP) is 2.65. The summed E-state index contributed by atoms with van der Waals surface area (Å²) in [5, 5.41) is 10.2. The van der Waals surface area contributed by atoms with E-state index in [1.54, 1.807) is 4.90 Å². The molecule has 0 aliphatic carbocycles. The molecule has 1 rings (SSSR count). The molecule has 4 nitrogen and oxygen atoms in total. The predicted molar refractivity (Wildman–Crippen MR) is 71.4 cm³/mol. The van der Waals surface area contributed by atoms with Crippen molar-refractivity contribution in [1.82, 2.24) is 4.90 Å². The summed E-state index contributed by atoms with van der Waals surface area (Å²) in [5.74, 6) is 0.233. The first-order chi connectivity index (χ1) is 8.00. The van der Waals surface area contributed by atoms with Crippen molar-refractivity contribution < 1.29 is 14.6 Å². The first-order valence-corrected chi connectivity index (χ1v) is 6.67. The molecule has 106 valence electrons. The van der Waals surface area contributed by atoms with Crippen LogP contribution in [-0.4, -0.2) is 40.9 Å². The molecule has 0 spiro atoms. The molecule has 1 saturated heterocycles. The van der Waals surface area contributed by atoms with Gasteiger partial charge in [-0.25, -0.2) is 4.79 Å². The van der Waals surface area contributed by atoms with E-state index in [-0.39, 0.29) is 17.4 Å². The van der Waals surface area contributed by atoms with E-state index in [9.17, 15) is 9.90 Å². The van der Waals surface area contributed by atoms with Crippen molar-refractivity contribution in [3.8, 4) is 0 Å². The van der Waals surface area contributed by atoms with Crippen LogP contribution in [-0.2, 0) is 4.74 Å². The number of aliphatic hydroxyl groups is 1. The van der Waals surface area contributed by atoms with Crippen LogP contribution in [0.1, 0.15) is 48.0 Å². The summed E-state index contributed by atoms with van der Waals surface area (Å²) in [6, 6.07) is 0. The van der Waals surface area contributed by atoms with Gasteiger partial charge < -0.3 is 14.7 Å². The van der Waals surface area contributed by atoms with Crippen molar-refractivity contribution in [3.05, 3.63) is 0 Å². The van der Waals surface area contributed by atoms with Gasteiger partial charge in [-0.2, -0.15) is 0 Å². The molecule has 0 aromatic rings. The summed E-state index contributed by atoms with van der Waals surface area (Å²) in [5.41, 5.74) is -0.414. The second-order valence-corrected chi connectivity index (χ2v) is 7.25. The number of amides is 1. The summed E-state index contributed by atoms with van der Waals surface area (Å²) in [7, 11) is 0. The zero-order chi connectivity index (χ0) is 14.1. The van der Waals surface area contributed by atoms with Gasteiger partial charge in [0.05, 0.1) is 12.6 Å². The lowest BCUT2D eigenvalue weighted by molar-refractivity contribution is -0.0376. The maximum atomic E-state index is 11.9. The average Bonchev–Trinajstić information content (AvgIpc) is 2.12. The summed E-state index contributed by atoms with van der Waals surface area (Å²) in [6.45, 7) is 13.0. The third-order valence-electron chi connectivity index (χ3n) is 3.35. The molecule has 0 unspecified atom stereocenters. The molecular formula is C14H27NO3. The van der Waals surface area contributed by atoms with E-state index in [1.807, 2.05) is 20.8 Å². The lowest BCUT2D eigenvalue weighted by Gasteiger charge is -2.42. The molecule has 1 aliphatic rings. The Labute approximate surface area is 110 Å². The molecule has 2 atom stereocenters. The van der Waals surface area contributed by atoms with Crippen LogP contribution >= 0.6 is 0 Å². The molecule has 18 heavy (non-hydrogen) atoms. The molecule has 0 aromatic carbocycles. The molecule has 0 bridgehead atoms. The van der Waals surface area contributed by atoms with Crippen LogP contribution in [0.25, 0.3) is 0 Å². The first kappa shape index (κ1) is 15.3. The Bertz CT molecular complexity index is 301. The standard InChI is InChI=1S/C14H27NO3/c1-13(2,3)10-7-8-15(9-11(10)16)12(17)18-14(4,5)6/h10-11,16H,7-9H2,1-6H3/t10-,11+/m0/s1. The van der Waals surface area contributed by atoms with Crippen molar-refractivity contribution >= 4 is 6.09 Å². The third kappa shape index (κ3) is 4.16. The van der Waals surface area contributed by atoms with Crippen LogP contribution in [0.3, 0.4) is 0 Å². The van der Waals surface area contributed by atoms with Gasteiger partial charge in [0, 0.05) is 6.54 Å². The van der Waals surface area contributed by atoms with E-state index >= 15 is 0 Å². The van der Waals surface area contributed by atoms with Gasteiger partial charge >= 0.3 is 6.09 Å². The fraction of sp³-hybridized carbons (Fsp3) is 0.929. The normalized spacial score (nSPS) is 26.1. The largest absolute Gasteiger partial charge is 0.444 e. The third-order valence-corrected chi connectivity index (χ3v) is 3.35. The average molecular weight is 257 g/mol. The van der Waals surface area contributed by atoms with E-state index in [2.05, 4.69) is 20.8 Å². The Morgan fingerprint density at radius 2 is 1.78 bits per heavy atom.